The molecule has 32 heavy (non-hydrogen) atoms. The maximum atomic E-state index is 13.3. The Morgan fingerprint density at radius 1 is 0.875 bits per heavy atom. The van der Waals surface area contributed by atoms with Crippen LogP contribution in [0.4, 0.5) is 5.69 Å². The number of carbonyl (C=O) groups excluding carboxylic acids is 2. The van der Waals surface area contributed by atoms with Crippen LogP contribution < -0.4 is 20.1 Å². The van der Waals surface area contributed by atoms with Gasteiger partial charge in [-0.3, -0.25) is 9.59 Å². The van der Waals surface area contributed by atoms with Crippen molar-refractivity contribution in [2.24, 2.45) is 5.41 Å². The molecule has 0 aliphatic rings. The van der Waals surface area contributed by atoms with Crippen molar-refractivity contribution < 1.29 is 19.1 Å². The molecular formula is C26H28N2O4. The minimum absolute atomic E-state index is 0.130. The molecule has 6 nitrogen and oxygen atoms in total. The minimum atomic E-state index is -0.670. The van der Waals surface area contributed by atoms with Crippen molar-refractivity contribution in [3.8, 4) is 11.5 Å². The minimum Gasteiger partial charge on any atom is -0.493 e. The van der Waals surface area contributed by atoms with Gasteiger partial charge in [0.25, 0.3) is 5.91 Å². The maximum absolute atomic E-state index is 13.3. The predicted octanol–water partition coefficient (Wildman–Crippen LogP) is 5.00. The number of hydrogen-bond acceptors (Lipinski definition) is 4. The van der Waals surface area contributed by atoms with E-state index < -0.39 is 11.3 Å². The Kier molecular flexibility index (Phi) is 6.83. The van der Waals surface area contributed by atoms with Crippen molar-refractivity contribution >= 4 is 34.4 Å². The van der Waals surface area contributed by atoms with E-state index in [0.717, 1.165) is 10.8 Å². The van der Waals surface area contributed by atoms with Crippen molar-refractivity contribution in [2.45, 2.75) is 20.8 Å². The zero-order valence-corrected chi connectivity index (χ0v) is 19.0. The second kappa shape index (κ2) is 9.56. The number of hydrogen-bond donors (Lipinski definition) is 2. The first kappa shape index (κ1) is 22.9. The lowest BCUT2D eigenvalue weighted by atomic mass is 9.95. The zero-order chi connectivity index (χ0) is 23.3. The van der Waals surface area contributed by atoms with E-state index in [-0.39, 0.29) is 11.6 Å². The number of ether oxygens (including phenoxy) is 2. The van der Waals surface area contributed by atoms with Crippen LogP contribution in [0.1, 0.15) is 26.3 Å². The Morgan fingerprint density at radius 3 is 2.25 bits per heavy atom. The molecule has 0 spiro atoms. The van der Waals surface area contributed by atoms with Gasteiger partial charge in [0.05, 0.1) is 14.2 Å². The van der Waals surface area contributed by atoms with Crippen molar-refractivity contribution in [2.75, 3.05) is 19.5 Å². The Hall–Kier alpha value is -3.80. The molecule has 0 radical (unpaired) electrons. The van der Waals surface area contributed by atoms with E-state index in [1.54, 1.807) is 59.3 Å². The van der Waals surface area contributed by atoms with Crippen LogP contribution in [0.25, 0.3) is 16.8 Å². The van der Waals surface area contributed by atoms with Gasteiger partial charge in [0, 0.05) is 16.5 Å². The molecule has 0 saturated carbocycles. The van der Waals surface area contributed by atoms with Gasteiger partial charge in [0.2, 0.25) is 5.91 Å². The summed E-state index contributed by atoms with van der Waals surface area (Å²) in [6.07, 6.45) is 1.62. The molecule has 0 unspecified atom stereocenters. The molecule has 3 aromatic rings. The second-order valence-electron chi connectivity index (χ2n) is 8.36. The number of amides is 2. The fraction of sp³-hybridized carbons (Fsp3) is 0.231. The first-order chi connectivity index (χ1) is 15.2. The van der Waals surface area contributed by atoms with Gasteiger partial charge in [-0.05, 0) is 35.2 Å². The van der Waals surface area contributed by atoms with E-state index in [4.69, 9.17) is 9.47 Å². The van der Waals surface area contributed by atoms with E-state index in [1.165, 1.54) is 0 Å². The number of nitrogens with one attached hydrogen (secondary N) is 2. The van der Waals surface area contributed by atoms with Crippen LogP contribution in [0.3, 0.4) is 0 Å². The Labute approximate surface area is 188 Å². The molecule has 3 aromatic carbocycles. The SMILES string of the molecule is COc1ccc(/C=C(/NC(=O)C(C)(C)C)C(=O)Nc2cccc3ccccc23)cc1OC. The van der Waals surface area contributed by atoms with Crippen LogP contribution in [0.15, 0.2) is 66.4 Å². The summed E-state index contributed by atoms with van der Waals surface area (Å²) < 4.78 is 10.6. The summed E-state index contributed by atoms with van der Waals surface area (Å²) in [6.45, 7) is 5.37. The highest BCUT2D eigenvalue weighted by Gasteiger charge is 2.24. The van der Waals surface area contributed by atoms with Crippen LogP contribution in [-0.4, -0.2) is 26.0 Å². The molecule has 0 heterocycles. The molecule has 0 aliphatic carbocycles. The molecule has 0 aliphatic heterocycles. The molecule has 0 bridgehead atoms. The molecule has 3 rings (SSSR count). The fourth-order valence-corrected chi connectivity index (χ4v) is 3.10. The third-order valence-electron chi connectivity index (χ3n) is 4.93. The smallest absolute Gasteiger partial charge is 0.272 e. The molecule has 0 aromatic heterocycles. The summed E-state index contributed by atoms with van der Waals surface area (Å²) in [5.41, 5.74) is 0.803. The summed E-state index contributed by atoms with van der Waals surface area (Å²) in [7, 11) is 3.10. The lowest BCUT2D eigenvalue weighted by Crippen LogP contribution is -2.38. The Balaban J connectivity index is 1.99. The van der Waals surface area contributed by atoms with Gasteiger partial charge in [-0.1, -0.05) is 63.2 Å². The number of methoxy groups -OCH3 is 2. The average molecular weight is 433 g/mol. The third kappa shape index (κ3) is 5.27. The second-order valence-corrected chi connectivity index (χ2v) is 8.36. The highest BCUT2D eigenvalue weighted by Crippen LogP contribution is 2.29. The number of benzene rings is 3. The van der Waals surface area contributed by atoms with Crippen LogP contribution >= 0.6 is 0 Å². The van der Waals surface area contributed by atoms with E-state index in [2.05, 4.69) is 10.6 Å². The highest BCUT2D eigenvalue weighted by atomic mass is 16.5. The molecule has 6 heteroatoms. The van der Waals surface area contributed by atoms with Crippen molar-refractivity contribution in [3.63, 3.8) is 0 Å². The normalized spacial score (nSPS) is 11.7. The molecule has 0 fully saturated rings. The summed E-state index contributed by atoms with van der Waals surface area (Å²) in [5.74, 6) is 0.411. The third-order valence-corrected chi connectivity index (χ3v) is 4.93. The van der Waals surface area contributed by atoms with E-state index in [9.17, 15) is 9.59 Å². The predicted molar refractivity (Wildman–Crippen MR) is 128 cm³/mol. The highest BCUT2D eigenvalue weighted by molar-refractivity contribution is 6.12. The van der Waals surface area contributed by atoms with Gasteiger partial charge in [-0.15, -0.1) is 0 Å². The van der Waals surface area contributed by atoms with Gasteiger partial charge in [0.15, 0.2) is 11.5 Å². The zero-order valence-electron chi connectivity index (χ0n) is 19.0. The topological polar surface area (TPSA) is 76.7 Å². The molecule has 0 saturated heterocycles. The first-order valence-electron chi connectivity index (χ1n) is 10.3. The largest absolute Gasteiger partial charge is 0.493 e. The molecule has 2 amide bonds. The van der Waals surface area contributed by atoms with Crippen LogP contribution in [0.5, 0.6) is 11.5 Å². The summed E-state index contributed by atoms with van der Waals surface area (Å²) in [6, 6.07) is 18.7. The van der Waals surface area contributed by atoms with Crippen LogP contribution in [0.2, 0.25) is 0 Å². The number of anilines is 1. The van der Waals surface area contributed by atoms with Crippen molar-refractivity contribution in [1.29, 1.82) is 0 Å². The molecular weight excluding hydrogens is 404 g/mol. The van der Waals surface area contributed by atoms with Gasteiger partial charge in [-0.2, -0.15) is 0 Å². The van der Waals surface area contributed by atoms with E-state index >= 15 is 0 Å². The lowest BCUT2D eigenvalue weighted by molar-refractivity contribution is -0.128. The Bertz CT molecular complexity index is 1170. The Morgan fingerprint density at radius 2 is 1.56 bits per heavy atom. The first-order valence-corrected chi connectivity index (χ1v) is 10.3. The van der Waals surface area contributed by atoms with Crippen molar-refractivity contribution in [1.82, 2.24) is 5.32 Å². The van der Waals surface area contributed by atoms with Gasteiger partial charge < -0.3 is 20.1 Å². The summed E-state index contributed by atoms with van der Waals surface area (Å²) in [4.78, 5) is 25.9. The van der Waals surface area contributed by atoms with Gasteiger partial charge in [0.1, 0.15) is 5.70 Å². The number of carbonyl (C=O) groups is 2. The monoisotopic (exact) mass is 432 g/mol. The van der Waals surface area contributed by atoms with E-state index in [0.29, 0.717) is 22.7 Å². The fourth-order valence-electron chi connectivity index (χ4n) is 3.10. The summed E-state index contributed by atoms with van der Waals surface area (Å²) in [5, 5.41) is 7.63. The molecule has 0 atom stereocenters. The summed E-state index contributed by atoms with van der Waals surface area (Å²) >= 11 is 0. The van der Waals surface area contributed by atoms with Crippen LogP contribution in [-0.2, 0) is 9.59 Å². The number of fused-ring (bicyclic) bond motifs is 1. The number of rotatable bonds is 6. The van der Waals surface area contributed by atoms with Crippen LogP contribution in [0, 0.1) is 5.41 Å². The van der Waals surface area contributed by atoms with Gasteiger partial charge in [-0.25, -0.2) is 0 Å². The van der Waals surface area contributed by atoms with Crippen molar-refractivity contribution in [3.05, 3.63) is 71.9 Å². The standard InChI is InChI=1S/C26H28N2O4/c1-26(2,3)25(30)28-21(15-17-13-14-22(31-4)23(16-17)32-5)24(29)27-20-12-8-10-18-9-6-7-11-19(18)20/h6-16H,1-5H3,(H,27,29)(H,28,30)/b21-15+. The molecule has 2 N–H and O–H groups in total. The quantitative estimate of drug-likeness (QED) is 0.538. The van der Waals surface area contributed by atoms with Gasteiger partial charge >= 0.3 is 0 Å². The van der Waals surface area contributed by atoms with E-state index in [1.807, 2.05) is 42.5 Å². The lowest BCUT2D eigenvalue weighted by Gasteiger charge is -2.19. The molecule has 166 valence electrons. The maximum Gasteiger partial charge on any atom is 0.272 e. The average Bonchev–Trinajstić information content (AvgIpc) is 2.78.